The maximum atomic E-state index is 14.2. The van der Waals surface area contributed by atoms with E-state index in [2.05, 4.69) is 62.6 Å². The van der Waals surface area contributed by atoms with Crippen LogP contribution in [-0.4, -0.2) is 11.6 Å². The highest BCUT2D eigenvalue weighted by Crippen LogP contribution is 2.41. The van der Waals surface area contributed by atoms with E-state index in [0.29, 0.717) is 46.7 Å². The number of carbonyl (C=O) groups is 2. The molecule has 6 N–H and O–H groups in total. The Kier molecular flexibility index (Phi) is 8.57. The van der Waals surface area contributed by atoms with E-state index in [1.54, 1.807) is 24.3 Å². The largest absolute Gasteiger partial charge is 0.354 e. The van der Waals surface area contributed by atoms with Crippen molar-refractivity contribution in [2.24, 2.45) is 11.5 Å². The predicted molar refractivity (Wildman–Crippen MR) is 172 cm³/mol. The highest BCUT2D eigenvalue weighted by atomic mass is 16.1. The van der Waals surface area contributed by atoms with Crippen molar-refractivity contribution in [1.82, 2.24) is 0 Å². The first-order valence-corrected chi connectivity index (χ1v) is 15.0. The Hall–Kier alpha value is -4.26. The molecule has 4 aromatic rings. The van der Waals surface area contributed by atoms with E-state index < -0.39 is 0 Å². The van der Waals surface area contributed by atoms with E-state index in [4.69, 9.17) is 11.5 Å². The lowest BCUT2D eigenvalue weighted by Gasteiger charge is -2.26. The van der Waals surface area contributed by atoms with Crippen LogP contribution >= 0.6 is 0 Å². The van der Waals surface area contributed by atoms with Crippen molar-refractivity contribution >= 4 is 34.3 Å². The van der Waals surface area contributed by atoms with Crippen molar-refractivity contribution < 1.29 is 9.59 Å². The summed E-state index contributed by atoms with van der Waals surface area (Å²) < 4.78 is 0. The second-order valence-electron chi connectivity index (χ2n) is 10.8. The summed E-state index contributed by atoms with van der Waals surface area (Å²) in [5.41, 5.74) is 23.5. The lowest BCUT2D eigenvalue weighted by Crippen LogP contribution is -2.24. The third kappa shape index (κ3) is 5.13. The van der Waals surface area contributed by atoms with Gasteiger partial charge in [-0.25, -0.2) is 0 Å². The van der Waals surface area contributed by atoms with Crippen LogP contribution in [0.25, 0.3) is 0 Å². The number of benzene rings is 4. The molecule has 0 unspecified atom stereocenters. The molecule has 5 rings (SSSR count). The Bertz CT molecular complexity index is 1510. The molecule has 0 bridgehead atoms. The molecular weight excluding hydrogens is 520 g/mol. The lowest BCUT2D eigenvalue weighted by molar-refractivity contribution is 0.0980. The Labute approximate surface area is 248 Å². The first kappa shape index (κ1) is 29.2. The van der Waals surface area contributed by atoms with Crippen molar-refractivity contribution in [3.8, 4) is 0 Å². The molecule has 0 amide bonds. The van der Waals surface area contributed by atoms with E-state index in [9.17, 15) is 9.59 Å². The van der Waals surface area contributed by atoms with Crippen LogP contribution in [0.15, 0.2) is 60.7 Å². The number of aryl methyl sites for hydroxylation is 4. The van der Waals surface area contributed by atoms with Crippen LogP contribution in [0.3, 0.4) is 0 Å². The molecule has 0 spiro atoms. The highest BCUT2D eigenvalue weighted by molar-refractivity contribution is 6.32. The fourth-order valence-electron chi connectivity index (χ4n) is 6.05. The van der Waals surface area contributed by atoms with Crippen molar-refractivity contribution in [1.29, 1.82) is 0 Å². The van der Waals surface area contributed by atoms with Crippen LogP contribution in [0.1, 0.15) is 92.9 Å². The molecule has 1 aliphatic rings. The van der Waals surface area contributed by atoms with Gasteiger partial charge in [0.15, 0.2) is 11.6 Å². The number of anilines is 4. The van der Waals surface area contributed by atoms with E-state index in [-0.39, 0.29) is 11.6 Å². The zero-order chi connectivity index (χ0) is 30.0. The van der Waals surface area contributed by atoms with Crippen LogP contribution in [-0.2, 0) is 38.8 Å². The molecule has 0 heterocycles. The average molecular weight is 561 g/mol. The monoisotopic (exact) mass is 560 g/mol. The van der Waals surface area contributed by atoms with Crippen LogP contribution in [0.5, 0.6) is 0 Å². The Morgan fingerprint density at radius 1 is 0.548 bits per heavy atom. The number of hydrogen-bond donors (Lipinski definition) is 4. The third-order valence-electron chi connectivity index (χ3n) is 8.31. The van der Waals surface area contributed by atoms with Gasteiger partial charge in [0.1, 0.15) is 0 Å². The molecule has 216 valence electrons. The standard InChI is InChI=1S/C36H40N4O2/c1-5-23-15-21(19-37)16-24(6-2)33(23)39-29-13-14-30(40-34-25(7-3)17-22(20-38)18-26(34)8-4)32-31(29)35(41)27-11-9-10-12-28(27)36(32)42/h9-18,39-40H,5-8,19-20,37-38H2,1-4H3. The van der Waals surface area contributed by atoms with Crippen LogP contribution in [0.2, 0.25) is 0 Å². The number of ketones is 2. The van der Waals surface area contributed by atoms with E-state index in [0.717, 1.165) is 70.4 Å². The molecule has 6 nitrogen and oxygen atoms in total. The van der Waals surface area contributed by atoms with Gasteiger partial charge in [0.05, 0.1) is 22.5 Å². The van der Waals surface area contributed by atoms with E-state index in [1.165, 1.54) is 0 Å². The molecular formula is C36H40N4O2. The van der Waals surface area contributed by atoms with Crippen LogP contribution in [0.4, 0.5) is 22.7 Å². The summed E-state index contributed by atoms with van der Waals surface area (Å²) in [6, 6.07) is 19.4. The molecule has 42 heavy (non-hydrogen) atoms. The zero-order valence-corrected chi connectivity index (χ0v) is 25.0. The SMILES string of the molecule is CCc1cc(CN)cc(CC)c1Nc1ccc(Nc2c(CC)cc(CN)cc2CC)c2c1C(=O)c1ccccc1C2=O. The third-order valence-corrected chi connectivity index (χ3v) is 8.31. The summed E-state index contributed by atoms with van der Waals surface area (Å²) in [6.07, 6.45) is 3.22. The van der Waals surface area contributed by atoms with Gasteiger partial charge in [0.2, 0.25) is 0 Å². The second kappa shape index (κ2) is 12.3. The number of nitrogens with two attached hydrogens (primary N) is 2. The molecule has 1 aliphatic carbocycles. The van der Waals surface area contributed by atoms with Gasteiger partial charge in [0.25, 0.3) is 0 Å². The lowest BCUT2D eigenvalue weighted by atomic mass is 9.82. The summed E-state index contributed by atoms with van der Waals surface area (Å²) in [4.78, 5) is 28.3. The number of rotatable bonds is 10. The highest BCUT2D eigenvalue weighted by Gasteiger charge is 2.34. The summed E-state index contributed by atoms with van der Waals surface area (Å²) >= 11 is 0. The number of carbonyl (C=O) groups excluding carboxylic acids is 2. The average Bonchev–Trinajstić information content (AvgIpc) is 3.03. The maximum absolute atomic E-state index is 14.2. The molecule has 0 fully saturated rings. The van der Waals surface area contributed by atoms with Gasteiger partial charge < -0.3 is 22.1 Å². The van der Waals surface area contributed by atoms with Crippen molar-refractivity contribution in [2.75, 3.05) is 10.6 Å². The van der Waals surface area contributed by atoms with Gasteiger partial charge in [-0.15, -0.1) is 0 Å². The molecule has 0 aromatic heterocycles. The van der Waals surface area contributed by atoms with Gasteiger partial charge >= 0.3 is 0 Å². The Balaban J connectivity index is 1.72. The molecule has 0 aliphatic heterocycles. The summed E-state index contributed by atoms with van der Waals surface area (Å²) in [5.74, 6) is -0.322. The van der Waals surface area contributed by atoms with Crippen molar-refractivity contribution in [2.45, 2.75) is 66.5 Å². The fourth-order valence-corrected chi connectivity index (χ4v) is 6.05. The van der Waals surface area contributed by atoms with E-state index >= 15 is 0 Å². The molecule has 0 saturated heterocycles. The fraction of sp³-hybridized carbons (Fsp3) is 0.278. The van der Waals surface area contributed by atoms with Crippen molar-refractivity contribution in [3.63, 3.8) is 0 Å². The predicted octanol–water partition coefficient (Wildman–Crippen LogP) is 7.12. The first-order valence-electron chi connectivity index (χ1n) is 15.0. The van der Waals surface area contributed by atoms with Crippen LogP contribution in [0, 0.1) is 0 Å². The minimum Gasteiger partial charge on any atom is -0.354 e. The second-order valence-corrected chi connectivity index (χ2v) is 10.8. The van der Waals surface area contributed by atoms with Gasteiger partial charge in [-0.3, -0.25) is 9.59 Å². The quantitative estimate of drug-likeness (QED) is 0.145. The molecule has 0 saturated carbocycles. The molecule has 0 atom stereocenters. The maximum Gasteiger partial charge on any atom is 0.196 e. The van der Waals surface area contributed by atoms with Gasteiger partial charge in [-0.05, 0) is 71.2 Å². The van der Waals surface area contributed by atoms with E-state index in [1.807, 2.05) is 12.1 Å². The smallest absolute Gasteiger partial charge is 0.196 e. The topological polar surface area (TPSA) is 110 Å². The molecule has 4 aromatic carbocycles. The van der Waals surface area contributed by atoms with Crippen molar-refractivity contribution in [3.05, 3.63) is 116 Å². The molecule has 6 heteroatoms. The van der Waals surface area contributed by atoms with Gasteiger partial charge in [-0.1, -0.05) is 76.2 Å². The number of hydrogen-bond acceptors (Lipinski definition) is 6. The minimum atomic E-state index is -0.161. The van der Waals surface area contributed by atoms with Crippen LogP contribution < -0.4 is 22.1 Å². The normalized spacial score (nSPS) is 12.2. The summed E-state index contributed by atoms with van der Waals surface area (Å²) in [7, 11) is 0. The molecule has 0 radical (unpaired) electrons. The number of fused-ring (bicyclic) bond motifs is 2. The Morgan fingerprint density at radius 2 is 0.881 bits per heavy atom. The minimum absolute atomic E-state index is 0.161. The number of nitrogens with one attached hydrogen (secondary N) is 2. The summed E-state index contributed by atoms with van der Waals surface area (Å²) in [6.45, 7) is 9.37. The summed E-state index contributed by atoms with van der Waals surface area (Å²) in [5, 5.41) is 7.20. The zero-order valence-electron chi connectivity index (χ0n) is 25.0. The Morgan fingerprint density at radius 3 is 1.17 bits per heavy atom. The first-order chi connectivity index (χ1) is 20.4. The van der Waals surface area contributed by atoms with Gasteiger partial charge in [0, 0.05) is 35.6 Å². The van der Waals surface area contributed by atoms with Gasteiger partial charge in [-0.2, -0.15) is 0 Å².